The molecule has 0 unspecified atom stereocenters. The van der Waals surface area contributed by atoms with E-state index in [2.05, 4.69) is 4.98 Å². The maximum absolute atomic E-state index is 13.8. The number of sulfonamides is 1. The summed E-state index contributed by atoms with van der Waals surface area (Å²) in [5.74, 6) is -2.92. The number of nitrogens with zero attached hydrogens (tertiary/aromatic N) is 3. The van der Waals surface area contributed by atoms with E-state index in [1.807, 2.05) is 10.8 Å². The normalized spacial score (nSPS) is 14.2. The minimum absolute atomic E-state index is 0.0107. The van der Waals surface area contributed by atoms with Crippen LogP contribution < -0.4 is 14.4 Å². The van der Waals surface area contributed by atoms with E-state index in [4.69, 9.17) is 9.47 Å². The summed E-state index contributed by atoms with van der Waals surface area (Å²) in [5.41, 5.74) is 0.145. The number of nitrogens with one attached hydrogen (secondary N) is 1. The Hall–Kier alpha value is -3.72. The molecule has 186 valence electrons. The van der Waals surface area contributed by atoms with Crippen LogP contribution in [0.2, 0.25) is 0 Å². The predicted octanol–water partition coefficient (Wildman–Crippen LogP) is 2.14. The number of halogens is 1. The van der Waals surface area contributed by atoms with E-state index >= 15 is 0 Å². The van der Waals surface area contributed by atoms with Crippen LogP contribution in [0.1, 0.15) is 41.3 Å². The van der Waals surface area contributed by atoms with Crippen molar-refractivity contribution >= 4 is 27.7 Å². The number of esters is 1. The SMILES string of the molecule is CCOC(=O)c1cc(C#N)c(N2CCC(C(=O)NS(=O)(=O)Cc3ccccc3F)CC2)nc1OC. The largest absolute Gasteiger partial charge is 0.480 e. The Balaban J connectivity index is 1.68. The van der Waals surface area contributed by atoms with Gasteiger partial charge in [0.25, 0.3) is 0 Å². The Kier molecular flexibility index (Phi) is 8.24. The number of anilines is 1. The predicted molar refractivity (Wildman–Crippen MR) is 124 cm³/mol. The molecule has 0 spiro atoms. The second-order valence-electron chi connectivity index (χ2n) is 7.83. The highest BCUT2D eigenvalue weighted by atomic mass is 32.2. The number of amides is 1. The van der Waals surface area contributed by atoms with Crippen LogP contribution in [-0.4, -0.2) is 52.1 Å². The molecule has 1 aliphatic rings. The van der Waals surface area contributed by atoms with Crippen LogP contribution in [0.5, 0.6) is 5.88 Å². The molecule has 1 N–H and O–H groups in total. The fourth-order valence-electron chi connectivity index (χ4n) is 3.77. The van der Waals surface area contributed by atoms with Crippen molar-refractivity contribution in [2.24, 2.45) is 5.92 Å². The maximum Gasteiger partial charge on any atom is 0.343 e. The number of hydrogen-bond acceptors (Lipinski definition) is 9. The zero-order valence-corrected chi connectivity index (χ0v) is 20.1. The molecule has 2 heterocycles. The molecule has 1 saturated heterocycles. The van der Waals surface area contributed by atoms with Gasteiger partial charge in [-0.3, -0.25) is 9.52 Å². The van der Waals surface area contributed by atoms with Crippen molar-refractivity contribution in [2.45, 2.75) is 25.5 Å². The first-order valence-electron chi connectivity index (χ1n) is 10.9. The molecule has 0 radical (unpaired) electrons. The average molecular weight is 505 g/mol. The molecule has 2 aromatic rings. The van der Waals surface area contributed by atoms with E-state index < -0.39 is 39.4 Å². The smallest absolute Gasteiger partial charge is 0.343 e. The zero-order chi connectivity index (χ0) is 25.6. The molecule has 1 fully saturated rings. The summed E-state index contributed by atoms with van der Waals surface area (Å²) in [4.78, 5) is 30.9. The third-order valence-electron chi connectivity index (χ3n) is 5.50. The Morgan fingerprint density at radius 2 is 1.97 bits per heavy atom. The van der Waals surface area contributed by atoms with Gasteiger partial charge in [0.2, 0.25) is 21.8 Å². The number of nitriles is 1. The highest BCUT2D eigenvalue weighted by Gasteiger charge is 2.30. The average Bonchev–Trinajstić information content (AvgIpc) is 2.84. The highest BCUT2D eigenvalue weighted by molar-refractivity contribution is 7.89. The van der Waals surface area contributed by atoms with Gasteiger partial charge in [-0.15, -0.1) is 0 Å². The van der Waals surface area contributed by atoms with E-state index in [1.165, 1.54) is 31.4 Å². The van der Waals surface area contributed by atoms with Crippen molar-refractivity contribution in [3.63, 3.8) is 0 Å². The number of pyridine rings is 1. The maximum atomic E-state index is 13.8. The van der Waals surface area contributed by atoms with Gasteiger partial charge in [0, 0.05) is 24.6 Å². The fraction of sp³-hybridized carbons (Fsp3) is 0.391. The lowest BCUT2D eigenvalue weighted by molar-refractivity contribution is -0.123. The van der Waals surface area contributed by atoms with E-state index in [0.29, 0.717) is 31.7 Å². The molecule has 0 saturated carbocycles. The number of ether oxygens (including phenoxy) is 2. The first-order valence-corrected chi connectivity index (χ1v) is 12.5. The summed E-state index contributed by atoms with van der Waals surface area (Å²) in [6.45, 7) is 2.43. The molecule has 12 heteroatoms. The van der Waals surface area contributed by atoms with Gasteiger partial charge in [0.1, 0.15) is 17.4 Å². The second kappa shape index (κ2) is 11.1. The Morgan fingerprint density at radius 3 is 2.57 bits per heavy atom. The molecule has 0 aliphatic carbocycles. The fourth-order valence-corrected chi connectivity index (χ4v) is 4.96. The van der Waals surface area contributed by atoms with E-state index in [1.54, 1.807) is 11.8 Å². The summed E-state index contributed by atoms with van der Waals surface area (Å²) in [6, 6.07) is 8.84. The zero-order valence-electron chi connectivity index (χ0n) is 19.3. The molecule has 10 nitrogen and oxygen atoms in total. The monoisotopic (exact) mass is 504 g/mol. The number of carbonyl (C=O) groups excluding carboxylic acids is 2. The standard InChI is InChI=1S/C23H25FN4O6S/c1-3-34-23(30)18-12-17(13-25)20(26-22(18)33-2)28-10-8-15(9-11-28)21(29)27-35(31,32)14-16-6-4-5-7-19(16)24/h4-7,12,15H,3,8-11,14H2,1-2H3,(H,27,29). The van der Waals surface area contributed by atoms with Crippen molar-refractivity contribution in [1.82, 2.24) is 9.71 Å². The quantitative estimate of drug-likeness (QED) is 0.536. The highest BCUT2D eigenvalue weighted by Crippen LogP contribution is 2.29. The topological polar surface area (TPSA) is 139 Å². The van der Waals surface area contributed by atoms with E-state index in [0.717, 1.165) is 6.07 Å². The van der Waals surface area contributed by atoms with Crippen LogP contribution in [0.3, 0.4) is 0 Å². The summed E-state index contributed by atoms with van der Waals surface area (Å²) >= 11 is 0. The van der Waals surface area contributed by atoms with Gasteiger partial charge in [0.05, 0.1) is 25.0 Å². The number of piperidine rings is 1. The first kappa shape index (κ1) is 25.9. The molecule has 1 aliphatic heterocycles. The second-order valence-corrected chi connectivity index (χ2v) is 9.55. The summed E-state index contributed by atoms with van der Waals surface area (Å²) in [7, 11) is -2.73. The number of aromatic nitrogens is 1. The third kappa shape index (κ3) is 6.24. The number of carbonyl (C=O) groups is 2. The van der Waals surface area contributed by atoms with Crippen molar-refractivity contribution in [3.05, 3.63) is 52.8 Å². The van der Waals surface area contributed by atoms with Crippen LogP contribution in [0.25, 0.3) is 0 Å². The molecule has 0 atom stereocenters. The van der Waals surface area contributed by atoms with Gasteiger partial charge < -0.3 is 14.4 Å². The molecular formula is C23H25FN4O6S. The minimum Gasteiger partial charge on any atom is -0.480 e. The third-order valence-corrected chi connectivity index (χ3v) is 6.70. The number of hydrogen-bond donors (Lipinski definition) is 1. The molecule has 35 heavy (non-hydrogen) atoms. The Labute approximate surface area is 202 Å². The van der Waals surface area contributed by atoms with Gasteiger partial charge in [-0.05, 0) is 31.9 Å². The Morgan fingerprint density at radius 1 is 1.29 bits per heavy atom. The van der Waals surface area contributed by atoms with Gasteiger partial charge in [-0.1, -0.05) is 18.2 Å². The molecule has 1 amide bonds. The molecular weight excluding hydrogens is 479 g/mol. The van der Waals surface area contributed by atoms with Crippen molar-refractivity contribution in [3.8, 4) is 11.9 Å². The van der Waals surface area contributed by atoms with Crippen LogP contribution in [0.15, 0.2) is 30.3 Å². The van der Waals surface area contributed by atoms with Gasteiger partial charge in [-0.25, -0.2) is 17.6 Å². The lowest BCUT2D eigenvalue weighted by atomic mass is 9.96. The molecule has 1 aromatic carbocycles. The van der Waals surface area contributed by atoms with Crippen LogP contribution in [0.4, 0.5) is 10.2 Å². The molecule has 1 aromatic heterocycles. The van der Waals surface area contributed by atoms with Crippen LogP contribution >= 0.6 is 0 Å². The number of methoxy groups -OCH3 is 1. The first-order chi connectivity index (χ1) is 16.7. The molecule has 0 bridgehead atoms. The summed E-state index contributed by atoms with van der Waals surface area (Å²) in [6.07, 6.45) is 0.602. The van der Waals surface area contributed by atoms with E-state index in [9.17, 15) is 27.7 Å². The van der Waals surface area contributed by atoms with Crippen molar-refractivity contribution in [2.75, 3.05) is 31.7 Å². The van der Waals surface area contributed by atoms with Gasteiger partial charge in [-0.2, -0.15) is 10.2 Å². The van der Waals surface area contributed by atoms with Crippen LogP contribution in [-0.2, 0) is 25.3 Å². The number of benzene rings is 1. The van der Waals surface area contributed by atoms with Crippen molar-refractivity contribution < 1.29 is 31.9 Å². The lowest BCUT2D eigenvalue weighted by Crippen LogP contribution is -2.43. The summed E-state index contributed by atoms with van der Waals surface area (Å²) < 4.78 is 50.8. The van der Waals surface area contributed by atoms with Crippen LogP contribution in [0, 0.1) is 23.1 Å². The van der Waals surface area contributed by atoms with Gasteiger partial charge >= 0.3 is 5.97 Å². The molecule has 3 rings (SSSR count). The van der Waals surface area contributed by atoms with Gasteiger partial charge in [0.15, 0.2) is 5.82 Å². The summed E-state index contributed by atoms with van der Waals surface area (Å²) in [5, 5.41) is 9.59. The minimum atomic E-state index is -4.08. The number of rotatable bonds is 8. The van der Waals surface area contributed by atoms with Crippen molar-refractivity contribution in [1.29, 1.82) is 5.26 Å². The Bertz CT molecular complexity index is 1250. The lowest BCUT2D eigenvalue weighted by Gasteiger charge is -2.32. The van der Waals surface area contributed by atoms with E-state index in [-0.39, 0.29) is 29.2 Å².